The Labute approximate surface area is 235 Å². The van der Waals surface area contributed by atoms with Crippen molar-refractivity contribution in [1.82, 2.24) is 25.9 Å². The number of ether oxygens (including phenoxy) is 1. The monoisotopic (exact) mass is 556 g/mol. The third-order valence-corrected chi connectivity index (χ3v) is 8.69. The van der Waals surface area contributed by atoms with Crippen LogP contribution in [0.1, 0.15) is 36.4 Å². The molecule has 1 saturated carbocycles. The quantitative estimate of drug-likeness (QED) is 0.371. The number of hydrogen-bond donors (Lipinski definition) is 3. The number of carbonyl (C=O) groups is 3. The smallest absolute Gasteiger partial charge is 0.327 e. The van der Waals surface area contributed by atoms with Crippen molar-refractivity contribution >= 4 is 41.0 Å². The summed E-state index contributed by atoms with van der Waals surface area (Å²) in [6.07, 6.45) is 8.67. The molecule has 204 valence electrons. The molecule has 1 aromatic carbocycles. The molecular formula is C29H28N6O4S. The number of amides is 4. The zero-order valence-corrected chi connectivity index (χ0v) is 22.6. The van der Waals surface area contributed by atoms with Crippen molar-refractivity contribution < 1.29 is 19.1 Å². The van der Waals surface area contributed by atoms with Crippen LogP contribution in [0.15, 0.2) is 72.7 Å². The van der Waals surface area contributed by atoms with Gasteiger partial charge in [0.15, 0.2) is 0 Å². The highest BCUT2D eigenvalue weighted by Gasteiger charge is 2.47. The van der Waals surface area contributed by atoms with E-state index in [9.17, 15) is 14.4 Å². The van der Waals surface area contributed by atoms with Crippen molar-refractivity contribution in [3.8, 4) is 11.5 Å². The van der Waals surface area contributed by atoms with E-state index >= 15 is 0 Å². The van der Waals surface area contributed by atoms with Crippen LogP contribution in [0.5, 0.6) is 11.5 Å². The summed E-state index contributed by atoms with van der Waals surface area (Å²) in [6.45, 7) is 5.43. The van der Waals surface area contributed by atoms with E-state index in [0.717, 1.165) is 30.4 Å². The molecule has 0 saturated heterocycles. The topological polar surface area (TPSA) is 126 Å². The molecule has 3 aromatic rings. The van der Waals surface area contributed by atoms with Gasteiger partial charge in [0.2, 0.25) is 11.8 Å². The number of urea groups is 1. The zero-order valence-electron chi connectivity index (χ0n) is 21.8. The van der Waals surface area contributed by atoms with Gasteiger partial charge in [0, 0.05) is 30.0 Å². The molecule has 10 nitrogen and oxygen atoms in total. The van der Waals surface area contributed by atoms with Crippen molar-refractivity contribution in [2.75, 3.05) is 4.90 Å². The fourth-order valence-electron chi connectivity index (χ4n) is 5.56. The van der Waals surface area contributed by atoms with Gasteiger partial charge in [-0.25, -0.2) is 9.78 Å². The number of hydrogen-bond acceptors (Lipinski definition) is 7. The van der Waals surface area contributed by atoms with Crippen molar-refractivity contribution in [3.63, 3.8) is 0 Å². The molecule has 0 radical (unpaired) electrons. The molecule has 4 atom stereocenters. The number of benzene rings is 1. The zero-order chi connectivity index (χ0) is 27.8. The van der Waals surface area contributed by atoms with Gasteiger partial charge < -0.3 is 20.7 Å². The van der Waals surface area contributed by atoms with E-state index in [1.165, 1.54) is 17.8 Å². The van der Waals surface area contributed by atoms with Gasteiger partial charge in [-0.3, -0.25) is 19.5 Å². The summed E-state index contributed by atoms with van der Waals surface area (Å²) >= 11 is 1.35. The van der Waals surface area contributed by atoms with E-state index in [-0.39, 0.29) is 29.9 Å². The van der Waals surface area contributed by atoms with Crippen LogP contribution < -0.4 is 25.6 Å². The average molecular weight is 557 g/mol. The lowest BCUT2D eigenvalue weighted by atomic mass is 9.99. The molecule has 2 unspecified atom stereocenters. The maximum absolute atomic E-state index is 13.6. The molecular weight excluding hydrogens is 528 g/mol. The first-order valence-electron chi connectivity index (χ1n) is 13.1. The number of carbonyl (C=O) groups excluding carboxylic acids is 3. The molecule has 11 heteroatoms. The van der Waals surface area contributed by atoms with Gasteiger partial charge >= 0.3 is 6.03 Å². The first-order chi connectivity index (χ1) is 19.4. The van der Waals surface area contributed by atoms with Gasteiger partial charge in [0.05, 0.1) is 23.6 Å². The van der Waals surface area contributed by atoms with E-state index in [0.29, 0.717) is 27.9 Å². The maximum atomic E-state index is 13.6. The minimum Gasteiger partial charge on any atom is -0.456 e. The van der Waals surface area contributed by atoms with Gasteiger partial charge in [-0.05, 0) is 74.2 Å². The fraction of sp³-hybridized carbons (Fsp3) is 0.276. The number of anilines is 2. The fourth-order valence-corrected chi connectivity index (χ4v) is 6.80. The summed E-state index contributed by atoms with van der Waals surface area (Å²) in [5.74, 6) is 0.805. The molecule has 6 rings (SSSR count). The maximum Gasteiger partial charge on any atom is 0.327 e. The Balaban J connectivity index is 1.23. The number of nitrogens with one attached hydrogen (secondary N) is 3. The number of aromatic nitrogens is 2. The van der Waals surface area contributed by atoms with Gasteiger partial charge in [-0.15, -0.1) is 0 Å². The van der Waals surface area contributed by atoms with Gasteiger partial charge in [0.1, 0.15) is 21.8 Å². The average Bonchev–Trinajstić information content (AvgIpc) is 3.55. The molecule has 2 aliphatic heterocycles. The van der Waals surface area contributed by atoms with Gasteiger partial charge in [-0.1, -0.05) is 18.3 Å². The molecule has 1 fully saturated rings. The summed E-state index contributed by atoms with van der Waals surface area (Å²) < 4.78 is 5.91. The third kappa shape index (κ3) is 4.77. The summed E-state index contributed by atoms with van der Waals surface area (Å²) in [5.41, 5.74) is 3.06. The van der Waals surface area contributed by atoms with Gasteiger partial charge in [0.25, 0.3) is 0 Å². The molecule has 0 bridgehead atoms. The van der Waals surface area contributed by atoms with E-state index in [4.69, 9.17) is 4.74 Å². The molecule has 3 N–H and O–H groups in total. The van der Waals surface area contributed by atoms with Crippen LogP contribution >= 0.6 is 11.8 Å². The second kappa shape index (κ2) is 10.6. The summed E-state index contributed by atoms with van der Waals surface area (Å²) in [5, 5.41) is 9.22. The molecule has 4 heterocycles. The highest BCUT2D eigenvalue weighted by molar-refractivity contribution is 8.01. The largest absolute Gasteiger partial charge is 0.456 e. The van der Waals surface area contributed by atoms with Crippen LogP contribution in [0.2, 0.25) is 0 Å². The van der Waals surface area contributed by atoms with E-state index in [1.807, 2.05) is 37.3 Å². The second-order valence-corrected chi connectivity index (χ2v) is 11.1. The van der Waals surface area contributed by atoms with Crippen molar-refractivity contribution in [1.29, 1.82) is 0 Å². The van der Waals surface area contributed by atoms with Crippen LogP contribution in [0, 0.1) is 6.92 Å². The number of aryl methyl sites for hydroxylation is 1. The standard InChI is InChI=1S/C29H28N6O4S/c1-3-23(36)32-19-7-4-8-20(19)33-27(37)26-25-24-22(11-13-31-28(24)40-26)35(29(38)34-25)21-10-9-17(14-16(21)2)39-18-6-5-12-30-15-18/h3,5-6,9-15,19-20,25-26H,1,4,7-8H2,2H3,(H,32,36)(H,33,37)(H,34,38)/t19-,20+,25?,26?/m0/s1. The van der Waals surface area contributed by atoms with Crippen molar-refractivity contribution in [2.45, 2.75) is 54.6 Å². The Morgan fingerprint density at radius 1 is 1.12 bits per heavy atom. The summed E-state index contributed by atoms with van der Waals surface area (Å²) in [4.78, 5) is 49.1. The SMILES string of the molecule is C=CC(=O)N[C@H]1CCC[C@H]1NC(=O)C1Sc2nccc3c2C1NC(=O)N3c1ccc(Oc2cccnc2)cc1C. The molecule has 2 aromatic heterocycles. The molecule has 4 amide bonds. The van der Waals surface area contributed by atoms with Gasteiger partial charge in [-0.2, -0.15) is 0 Å². The number of nitrogens with zero attached hydrogens (tertiary/aromatic N) is 3. The Hall–Kier alpha value is -4.38. The first-order valence-corrected chi connectivity index (χ1v) is 14.0. The highest BCUT2D eigenvalue weighted by Crippen LogP contribution is 2.51. The lowest BCUT2D eigenvalue weighted by Gasteiger charge is -2.35. The first kappa shape index (κ1) is 25.9. The van der Waals surface area contributed by atoms with Crippen LogP contribution in [-0.2, 0) is 9.59 Å². The summed E-state index contributed by atoms with van der Waals surface area (Å²) in [6, 6.07) is 9.78. The number of rotatable bonds is 7. The van der Waals surface area contributed by atoms with E-state index < -0.39 is 11.3 Å². The Morgan fingerprint density at radius 3 is 2.70 bits per heavy atom. The molecule has 0 spiro atoms. The van der Waals surface area contributed by atoms with E-state index in [1.54, 1.807) is 29.6 Å². The van der Waals surface area contributed by atoms with Crippen LogP contribution in [0.4, 0.5) is 16.2 Å². The minimum atomic E-state index is -0.581. The molecule has 1 aliphatic carbocycles. The van der Waals surface area contributed by atoms with E-state index in [2.05, 4.69) is 32.5 Å². The number of thioether (sulfide) groups is 1. The lowest BCUT2D eigenvalue weighted by molar-refractivity contribution is -0.122. The van der Waals surface area contributed by atoms with Crippen LogP contribution in [0.25, 0.3) is 0 Å². The third-order valence-electron chi connectivity index (χ3n) is 7.40. The molecule has 3 aliphatic rings. The van der Waals surface area contributed by atoms with Crippen LogP contribution in [0.3, 0.4) is 0 Å². The lowest BCUT2D eigenvalue weighted by Crippen LogP contribution is -2.53. The Kier molecular flexibility index (Phi) is 6.89. The van der Waals surface area contributed by atoms with Crippen LogP contribution in [-0.4, -0.2) is 45.1 Å². The van der Waals surface area contributed by atoms with Crippen molar-refractivity contribution in [2.24, 2.45) is 0 Å². The second-order valence-electron chi connectivity index (χ2n) is 9.95. The predicted octanol–water partition coefficient (Wildman–Crippen LogP) is 4.29. The Morgan fingerprint density at radius 2 is 1.95 bits per heavy atom. The highest BCUT2D eigenvalue weighted by atomic mass is 32.2. The Bertz CT molecular complexity index is 1500. The normalized spacial score (nSPS) is 22.7. The summed E-state index contributed by atoms with van der Waals surface area (Å²) in [7, 11) is 0. The molecule has 40 heavy (non-hydrogen) atoms. The predicted molar refractivity (Wildman–Crippen MR) is 151 cm³/mol. The number of pyridine rings is 2. The minimum absolute atomic E-state index is 0.151. The van der Waals surface area contributed by atoms with Crippen molar-refractivity contribution in [3.05, 3.63) is 78.8 Å².